The number of nitrogens with zero attached hydrogens (tertiary/aromatic N) is 1. The molecule has 0 fully saturated rings. The van der Waals surface area contributed by atoms with Crippen LogP contribution in [0, 0.1) is 0 Å². The summed E-state index contributed by atoms with van der Waals surface area (Å²) in [5, 5.41) is 0. The number of amides is 1. The van der Waals surface area contributed by atoms with E-state index < -0.39 is 0 Å². The van der Waals surface area contributed by atoms with Crippen molar-refractivity contribution in [1.29, 1.82) is 0 Å². The fraction of sp³-hybridized carbons (Fsp3) is 0.765. The highest BCUT2D eigenvalue weighted by molar-refractivity contribution is 5.90. The lowest BCUT2D eigenvalue weighted by atomic mass is 10.2. The number of Topliss-reactive ketones (excluding diaryl/α,β-unsaturated/α-hetero) is 1. The normalized spacial score (nSPS) is 11.6. The summed E-state index contributed by atoms with van der Waals surface area (Å²) in [7, 11) is 0. The van der Waals surface area contributed by atoms with E-state index in [1.807, 2.05) is 6.92 Å². The molecule has 128 valence electrons. The summed E-state index contributed by atoms with van der Waals surface area (Å²) in [5.74, 6) is -0.0732. The zero-order valence-corrected chi connectivity index (χ0v) is 14.5. The van der Waals surface area contributed by atoms with Gasteiger partial charge in [-0.25, -0.2) is 4.79 Å². The second kappa shape index (κ2) is 12.1. The molecule has 0 aliphatic carbocycles. The van der Waals surface area contributed by atoms with Crippen LogP contribution < -0.4 is 0 Å². The Kier molecular flexibility index (Phi) is 11.2. The van der Waals surface area contributed by atoms with Crippen molar-refractivity contribution in [3.8, 4) is 0 Å². The van der Waals surface area contributed by atoms with E-state index in [-0.39, 0.29) is 30.3 Å². The Hall–Kier alpha value is -1.52. The standard InChI is InChI=1S/C17H31NO4/c1-6-8-10-14(3)22-17(20)18(11-9-7-2)12-13-21-16(5)15(4)19/h14H,5-13H2,1-4H3. The molecule has 22 heavy (non-hydrogen) atoms. The van der Waals surface area contributed by atoms with Crippen LogP contribution in [0.3, 0.4) is 0 Å². The molecule has 5 heteroatoms. The molecule has 0 radical (unpaired) electrons. The SMILES string of the molecule is C=C(OCCN(CCCC)C(=O)OC(C)CCCC)C(C)=O. The molecule has 1 unspecified atom stereocenters. The van der Waals surface area contributed by atoms with Crippen LogP contribution >= 0.6 is 0 Å². The van der Waals surface area contributed by atoms with Gasteiger partial charge in [-0.15, -0.1) is 0 Å². The Morgan fingerprint density at radius 3 is 2.32 bits per heavy atom. The number of carbonyl (C=O) groups is 2. The van der Waals surface area contributed by atoms with Crippen LogP contribution in [0.25, 0.3) is 0 Å². The minimum atomic E-state index is -0.311. The van der Waals surface area contributed by atoms with Crippen LogP contribution in [-0.2, 0) is 14.3 Å². The van der Waals surface area contributed by atoms with Crippen LogP contribution in [0.2, 0.25) is 0 Å². The van der Waals surface area contributed by atoms with E-state index in [1.54, 1.807) is 4.90 Å². The first-order valence-electron chi connectivity index (χ1n) is 8.20. The number of carbonyl (C=O) groups excluding carboxylic acids is 2. The van der Waals surface area contributed by atoms with E-state index in [0.29, 0.717) is 13.1 Å². The van der Waals surface area contributed by atoms with Gasteiger partial charge >= 0.3 is 6.09 Å². The molecule has 0 rings (SSSR count). The highest BCUT2D eigenvalue weighted by Crippen LogP contribution is 2.08. The molecule has 0 aromatic heterocycles. The van der Waals surface area contributed by atoms with Gasteiger partial charge in [0.05, 0.1) is 6.54 Å². The quantitative estimate of drug-likeness (QED) is 0.405. The molecule has 0 bridgehead atoms. The van der Waals surface area contributed by atoms with Crippen molar-refractivity contribution in [1.82, 2.24) is 4.90 Å². The van der Waals surface area contributed by atoms with Crippen LogP contribution in [0.5, 0.6) is 0 Å². The summed E-state index contributed by atoms with van der Waals surface area (Å²) in [6.45, 7) is 12.3. The van der Waals surface area contributed by atoms with E-state index in [1.165, 1.54) is 6.92 Å². The van der Waals surface area contributed by atoms with Crippen molar-refractivity contribution in [2.24, 2.45) is 0 Å². The van der Waals surface area contributed by atoms with Crippen molar-refractivity contribution in [2.75, 3.05) is 19.7 Å². The van der Waals surface area contributed by atoms with E-state index in [4.69, 9.17) is 9.47 Å². The Morgan fingerprint density at radius 1 is 1.14 bits per heavy atom. The summed E-state index contributed by atoms with van der Waals surface area (Å²) < 4.78 is 10.7. The van der Waals surface area contributed by atoms with Crippen molar-refractivity contribution in [2.45, 2.75) is 65.9 Å². The first-order valence-corrected chi connectivity index (χ1v) is 8.20. The lowest BCUT2D eigenvalue weighted by Crippen LogP contribution is -2.37. The molecular weight excluding hydrogens is 282 g/mol. The van der Waals surface area contributed by atoms with E-state index in [9.17, 15) is 9.59 Å². The lowest BCUT2D eigenvalue weighted by molar-refractivity contribution is -0.116. The molecule has 1 amide bonds. The van der Waals surface area contributed by atoms with E-state index >= 15 is 0 Å². The number of hydrogen-bond acceptors (Lipinski definition) is 4. The average Bonchev–Trinajstić information content (AvgIpc) is 2.47. The summed E-state index contributed by atoms with van der Waals surface area (Å²) in [6, 6.07) is 0. The van der Waals surface area contributed by atoms with Gasteiger partial charge in [-0.05, 0) is 19.8 Å². The first kappa shape index (κ1) is 20.5. The molecule has 0 aromatic rings. The zero-order chi connectivity index (χ0) is 17.0. The molecule has 0 aromatic carbocycles. The smallest absolute Gasteiger partial charge is 0.410 e. The number of ketones is 1. The van der Waals surface area contributed by atoms with Gasteiger partial charge in [0.15, 0.2) is 11.5 Å². The Morgan fingerprint density at radius 2 is 1.77 bits per heavy atom. The number of allylic oxidation sites excluding steroid dienone is 1. The second-order valence-electron chi connectivity index (χ2n) is 5.51. The van der Waals surface area contributed by atoms with Crippen LogP contribution in [-0.4, -0.2) is 42.6 Å². The maximum Gasteiger partial charge on any atom is 0.410 e. The second-order valence-corrected chi connectivity index (χ2v) is 5.51. The molecule has 0 saturated heterocycles. The minimum Gasteiger partial charge on any atom is -0.489 e. The largest absolute Gasteiger partial charge is 0.489 e. The third kappa shape index (κ3) is 9.42. The van der Waals surface area contributed by atoms with Gasteiger partial charge in [0.2, 0.25) is 0 Å². The fourth-order valence-electron chi connectivity index (χ4n) is 1.82. The fourth-order valence-corrected chi connectivity index (χ4v) is 1.82. The topological polar surface area (TPSA) is 55.8 Å². The molecule has 0 heterocycles. The summed E-state index contributed by atoms with van der Waals surface area (Å²) >= 11 is 0. The van der Waals surface area contributed by atoms with Gasteiger partial charge in [-0.3, -0.25) is 4.79 Å². The number of rotatable bonds is 12. The molecule has 0 N–H and O–H groups in total. The molecule has 1 atom stereocenters. The Balaban J connectivity index is 4.32. The van der Waals surface area contributed by atoms with Crippen molar-refractivity contribution in [3.63, 3.8) is 0 Å². The van der Waals surface area contributed by atoms with Gasteiger partial charge in [-0.1, -0.05) is 39.7 Å². The van der Waals surface area contributed by atoms with Gasteiger partial charge < -0.3 is 14.4 Å². The van der Waals surface area contributed by atoms with Crippen molar-refractivity contribution < 1.29 is 19.1 Å². The Bertz CT molecular complexity index is 355. The lowest BCUT2D eigenvalue weighted by Gasteiger charge is -2.24. The van der Waals surface area contributed by atoms with Crippen molar-refractivity contribution in [3.05, 3.63) is 12.3 Å². The number of hydrogen-bond donors (Lipinski definition) is 0. The molecule has 0 aliphatic rings. The first-order chi connectivity index (χ1) is 10.4. The van der Waals surface area contributed by atoms with Gasteiger partial charge in [-0.2, -0.15) is 0 Å². The summed E-state index contributed by atoms with van der Waals surface area (Å²) in [6.07, 6.45) is 4.52. The third-order valence-electron chi connectivity index (χ3n) is 3.34. The average molecular weight is 313 g/mol. The van der Waals surface area contributed by atoms with Crippen LogP contribution in [0.4, 0.5) is 4.79 Å². The van der Waals surface area contributed by atoms with E-state index in [2.05, 4.69) is 20.4 Å². The zero-order valence-electron chi connectivity index (χ0n) is 14.5. The third-order valence-corrected chi connectivity index (χ3v) is 3.34. The highest BCUT2D eigenvalue weighted by atomic mass is 16.6. The maximum absolute atomic E-state index is 12.2. The van der Waals surface area contributed by atoms with Crippen molar-refractivity contribution >= 4 is 11.9 Å². The number of unbranched alkanes of at least 4 members (excludes halogenated alkanes) is 2. The monoisotopic (exact) mass is 313 g/mol. The van der Waals surface area contributed by atoms with Crippen LogP contribution in [0.15, 0.2) is 12.3 Å². The Labute approximate surface area is 134 Å². The predicted molar refractivity (Wildman–Crippen MR) is 87.7 cm³/mol. The highest BCUT2D eigenvalue weighted by Gasteiger charge is 2.17. The van der Waals surface area contributed by atoms with Gasteiger partial charge in [0.1, 0.15) is 12.7 Å². The van der Waals surface area contributed by atoms with Crippen LogP contribution in [0.1, 0.15) is 59.8 Å². The number of ether oxygens (including phenoxy) is 2. The molecule has 5 nitrogen and oxygen atoms in total. The molecular formula is C17H31NO4. The minimum absolute atomic E-state index is 0.0790. The molecule has 0 spiro atoms. The predicted octanol–water partition coefficient (Wildman–Crippen LogP) is 3.92. The summed E-state index contributed by atoms with van der Waals surface area (Å²) in [5.41, 5.74) is 0. The summed E-state index contributed by atoms with van der Waals surface area (Å²) in [4.78, 5) is 24.9. The molecule has 0 aliphatic heterocycles. The van der Waals surface area contributed by atoms with E-state index in [0.717, 1.165) is 32.1 Å². The molecule has 0 saturated carbocycles. The maximum atomic E-state index is 12.2. The van der Waals surface area contributed by atoms with Gasteiger partial charge in [0, 0.05) is 13.5 Å². The van der Waals surface area contributed by atoms with Gasteiger partial charge in [0.25, 0.3) is 0 Å².